The lowest BCUT2D eigenvalue weighted by Crippen LogP contribution is -2.28. The maximum Gasteiger partial charge on any atom is 0.273 e. The predicted molar refractivity (Wildman–Crippen MR) is 83.7 cm³/mol. The van der Waals surface area contributed by atoms with Crippen LogP contribution in [-0.4, -0.2) is 20.7 Å². The van der Waals surface area contributed by atoms with E-state index >= 15 is 0 Å². The summed E-state index contributed by atoms with van der Waals surface area (Å²) in [6.45, 7) is 3.83. The molecule has 2 heterocycles. The van der Waals surface area contributed by atoms with Crippen LogP contribution in [0.25, 0.3) is 0 Å². The molecular weight excluding hydrogens is 306 g/mol. The number of thiophene rings is 1. The van der Waals surface area contributed by atoms with Crippen LogP contribution in [0, 0.1) is 6.92 Å². The zero-order valence-corrected chi connectivity index (χ0v) is 13.4. The normalized spacial score (nSPS) is 14.3. The Hall–Kier alpha value is -1.66. The lowest BCUT2D eigenvalue weighted by Gasteiger charge is -2.18. The van der Waals surface area contributed by atoms with Crippen molar-refractivity contribution in [1.82, 2.24) is 0 Å². The largest absolute Gasteiger partial charge is 0.295 e. The Morgan fingerprint density at radius 1 is 1.24 bits per heavy atom. The topological polar surface area (TPSA) is 54.5 Å². The first-order valence-electron chi connectivity index (χ1n) is 6.62. The minimum Gasteiger partial charge on any atom is -0.295 e. The van der Waals surface area contributed by atoms with Crippen molar-refractivity contribution < 1.29 is 13.2 Å². The fraction of sp³-hybridized carbons (Fsp3) is 0.267. The molecule has 0 spiro atoms. The number of hydrogen-bond donors (Lipinski definition) is 0. The van der Waals surface area contributed by atoms with Gasteiger partial charge in [0.05, 0.1) is 5.69 Å². The average Bonchev–Trinajstić information content (AvgIpc) is 3.04. The molecule has 1 aromatic heterocycles. The van der Waals surface area contributed by atoms with E-state index in [1.54, 1.807) is 24.3 Å². The van der Waals surface area contributed by atoms with Gasteiger partial charge in [-0.1, -0.05) is 0 Å². The van der Waals surface area contributed by atoms with E-state index in [0.717, 1.165) is 10.4 Å². The van der Waals surface area contributed by atoms with E-state index in [2.05, 4.69) is 0 Å². The third-order valence-corrected chi connectivity index (χ3v) is 6.88. The van der Waals surface area contributed by atoms with E-state index in [-0.39, 0.29) is 5.78 Å². The Morgan fingerprint density at radius 3 is 2.62 bits per heavy atom. The molecule has 1 aromatic carbocycles. The van der Waals surface area contributed by atoms with Crippen LogP contribution in [0.4, 0.5) is 5.69 Å². The summed E-state index contributed by atoms with van der Waals surface area (Å²) >= 11 is 1.28. The molecule has 0 fully saturated rings. The number of anilines is 1. The van der Waals surface area contributed by atoms with E-state index in [9.17, 15) is 13.2 Å². The fourth-order valence-corrected chi connectivity index (χ4v) is 5.40. The van der Waals surface area contributed by atoms with E-state index in [4.69, 9.17) is 0 Å². The number of benzene rings is 1. The first-order valence-corrected chi connectivity index (χ1v) is 8.88. The Morgan fingerprint density at radius 2 is 2.00 bits per heavy atom. The minimum atomic E-state index is -3.50. The molecule has 21 heavy (non-hydrogen) atoms. The second-order valence-electron chi connectivity index (χ2n) is 5.09. The molecule has 0 N–H and O–H groups in total. The highest BCUT2D eigenvalue weighted by Crippen LogP contribution is 2.35. The molecule has 0 radical (unpaired) electrons. The van der Waals surface area contributed by atoms with Crippen molar-refractivity contribution in [3.05, 3.63) is 46.3 Å². The molecule has 0 unspecified atom stereocenters. The highest BCUT2D eigenvalue weighted by atomic mass is 32.2. The average molecular weight is 321 g/mol. The van der Waals surface area contributed by atoms with E-state index in [1.165, 1.54) is 22.6 Å². The second kappa shape index (κ2) is 4.96. The predicted octanol–water partition coefficient (Wildman–Crippen LogP) is 3.01. The number of sulfonamides is 1. The fourth-order valence-electron chi connectivity index (χ4n) is 2.50. The molecular formula is C15H15NO3S2. The van der Waals surface area contributed by atoms with Gasteiger partial charge in [0.1, 0.15) is 4.21 Å². The maximum absolute atomic E-state index is 12.7. The molecule has 3 rings (SSSR count). The summed E-state index contributed by atoms with van der Waals surface area (Å²) in [6, 6.07) is 8.68. The van der Waals surface area contributed by atoms with Crippen LogP contribution in [-0.2, 0) is 16.4 Å². The van der Waals surface area contributed by atoms with Crippen LogP contribution < -0.4 is 4.31 Å². The van der Waals surface area contributed by atoms with Crippen LogP contribution in [0.2, 0.25) is 0 Å². The Kier molecular flexibility index (Phi) is 3.37. The van der Waals surface area contributed by atoms with Gasteiger partial charge in [-0.3, -0.25) is 9.10 Å². The van der Waals surface area contributed by atoms with Crippen molar-refractivity contribution in [1.29, 1.82) is 0 Å². The van der Waals surface area contributed by atoms with Gasteiger partial charge in [-0.25, -0.2) is 8.42 Å². The van der Waals surface area contributed by atoms with Crippen molar-refractivity contribution >= 4 is 32.8 Å². The molecule has 1 aliphatic heterocycles. The smallest absolute Gasteiger partial charge is 0.273 e. The number of Topliss-reactive ketones (excluding diaryl/α,β-unsaturated/α-hetero) is 1. The first kappa shape index (κ1) is 14.3. The van der Waals surface area contributed by atoms with Gasteiger partial charge in [-0.15, -0.1) is 11.3 Å². The Labute approximate surface area is 128 Å². The van der Waals surface area contributed by atoms with Gasteiger partial charge in [-0.05, 0) is 56.2 Å². The lowest BCUT2D eigenvalue weighted by molar-refractivity contribution is 0.101. The summed E-state index contributed by atoms with van der Waals surface area (Å²) < 4.78 is 27.2. The summed E-state index contributed by atoms with van der Waals surface area (Å²) in [5, 5.41) is 0. The molecule has 0 atom stereocenters. The quantitative estimate of drug-likeness (QED) is 0.817. The summed E-state index contributed by atoms with van der Waals surface area (Å²) in [6.07, 6.45) is 0.639. The van der Waals surface area contributed by atoms with E-state index in [1.807, 2.05) is 13.0 Å². The molecule has 0 saturated heterocycles. The van der Waals surface area contributed by atoms with Crippen LogP contribution >= 0.6 is 11.3 Å². The molecule has 110 valence electrons. The van der Waals surface area contributed by atoms with Crippen molar-refractivity contribution in [2.45, 2.75) is 24.5 Å². The van der Waals surface area contributed by atoms with Gasteiger partial charge in [0, 0.05) is 17.0 Å². The number of hydrogen-bond acceptors (Lipinski definition) is 4. The van der Waals surface area contributed by atoms with Crippen molar-refractivity contribution in [2.24, 2.45) is 0 Å². The van der Waals surface area contributed by atoms with Crippen LogP contribution in [0.1, 0.15) is 27.7 Å². The molecule has 0 saturated carbocycles. The number of aryl methyl sites for hydroxylation is 1. The van der Waals surface area contributed by atoms with Crippen LogP contribution in [0.3, 0.4) is 0 Å². The van der Waals surface area contributed by atoms with Gasteiger partial charge in [-0.2, -0.15) is 0 Å². The van der Waals surface area contributed by atoms with Crippen LogP contribution in [0.15, 0.2) is 34.5 Å². The maximum atomic E-state index is 12.7. The number of fused-ring (bicyclic) bond motifs is 1. The summed E-state index contributed by atoms with van der Waals surface area (Å²) in [5.41, 5.74) is 2.23. The molecule has 0 aliphatic carbocycles. The third-order valence-electron chi connectivity index (χ3n) is 3.60. The number of ketones is 1. The van der Waals surface area contributed by atoms with Gasteiger partial charge >= 0.3 is 0 Å². The van der Waals surface area contributed by atoms with Gasteiger partial charge in [0.2, 0.25) is 0 Å². The molecule has 4 nitrogen and oxygen atoms in total. The van der Waals surface area contributed by atoms with Crippen molar-refractivity contribution in [3.63, 3.8) is 0 Å². The SMILES string of the molecule is CC(=O)c1ccc2c(c1)CCN2S(=O)(=O)c1ccc(C)s1. The summed E-state index contributed by atoms with van der Waals surface area (Å²) in [5.74, 6) is -0.00649. The number of rotatable bonds is 3. The Balaban J connectivity index is 2.03. The molecule has 1 aliphatic rings. The van der Waals surface area contributed by atoms with Gasteiger partial charge in [0.25, 0.3) is 10.0 Å². The highest BCUT2D eigenvalue weighted by molar-refractivity contribution is 7.94. The number of nitrogens with zero attached hydrogens (tertiary/aromatic N) is 1. The van der Waals surface area contributed by atoms with Crippen molar-refractivity contribution in [2.75, 3.05) is 10.8 Å². The second-order valence-corrected chi connectivity index (χ2v) is 8.47. The van der Waals surface area contributed by atoms with Gasteiger partial charge in [0.15, 0.2) is 5.78 Å². The van der Waals surface area contributed by atoms with E-state index in [0.29, 0.717) is 28.4 Å². The molecule has 6 heteroatoms. The summed E-state index contributed by atoms with van der Waals surface area (Å²) in [7, 11) is -3.50. The lowest BCUT2D eigenvalue weighted by atomic mass is 10.1. The zero-order chi connectivity index (χ0) is 15.2. The molecule has 0 bridgehead atoms. The molecule has 0 amide bonds. The van der Waals surface area contributed by atoms with E-state index < -0.39 is 10.0 Å². The standard InChI is InChI=1S/C15H15NO3S2/c1-10-3-6-15(20-10)21(18,19)16-8-7-13-9-12(11(2)17)4-5-14(13)16/h3-6,9H,7-8H2,1-2H3. The number of carbonyl (C=O) groups excluding carboxylic acids is 1. The molecule has 2 aromatic rings. The van der Waals surface area contributed by atoms with Crippen LogP contribution in [0.5, 0.6) is 0 Å². The summed E-state index contributed by atoms with van der Waals surface area (Å²) in [4.78, 5) is 12.4. The Bertz CT molecular complexity index is 821. The minimum absolute atomic E-state index is 0.00649. The van der Waals surface area contributed by atoms with Gasteiger partial charge < -0.3 is 0 Å². The zero-order valence-electron chi connectivity index (χ0n) is 11.8. The van der Waals surface area contributed by atoms with Crippen molar-refractivity contribution in [3.8, 4) is 0 Å². The monoisotopic (exact) mass is 321 g/mol. The first-order chi connectivity index (χ1) is 9.89. The highest BCUT2D eigenvalue weighted by Gasteiger charge is 2.32. The number of carbonyl (C=O) groups is 1. The third kappa shape index (κ3) is 2.38.